The van der Waals surface area contributed by atoms with Crippen molar-refractivity contribution in [1.82, 2.24) is 5.32 Å². The van der Waals surface area contributed by atoms with E-state index in [9.17, 15) is 14.0 Å². The molecule has 1 aliphatic carbocycles. The van der Waals surface area contributed by atoms with Gasteiger partial charge in [0.2, 0.25) is 0 Å². The highest BCUT2D eigenvalue weighted by atomic mass is 32.2. The van der Waals surface area contributed by atoms with Crippen molar-refractivity contribution < 1.29 is 14.0 Å². The number of amides is 2. The lowest BCUT2D eigenvalue weighted by Gasteiger charge is -2.31. The van der Waals surface area contributed by atoms with Crippen LogP contribution in [-0.4, -0.2) is 11.8 Å². The molecule has 4 aromatic carbocycles. The maximum atomic E-state index is 13.8. The van der Waals surface area contributed by atoms with Gasteiger partial charge in [-0.15, -0.1) is 0 Å². The quantitative estimate of drug-likeness (QED) is 0.273. The summed E-state index contributed by atoms with van der Waals surface area (Å²) < 4.78 is 13.6. The highest BCUT2D eigenvalue weighted by Crippen LogP contribution is 2.43. The number of hydrogen-bond acceptors (Lipinski definition) is 3. The average Bonchev–Trinajstić information content (AvgIpc) is 2.97. The first kappa shape index (κ1) is 25.1. The molecule has 0 saturated heterocycles. The molecule has 2 amide bonds. The lowest BCUT2D eigenvalue weighted by molar-refractivity contribution is -0.114. The standard InChI is InChI=1S/C33H27FN2O2S/c34-26-16-13-23(14-17-26)21-36-29-20-25(32(37)35-28-12-6-10-24-9-4-5-11-27(24)28)15-18-30(29)39-31(33(36)38)19-22-7-2-1-3-8-22/h1-5,7-9,11,13-20,28H,6,10,12,21H2,(H,35,37)/b31-19-/t28-/m1/s1. The van der Waals surface area contributed by atoms with Crippen LogP contribution in [0.3, 0.4) is 0 Å². The van der Waals surface area contributed by atoms with Gasteiger partial charge in [-0.3, -0.25) is 9.59 Å². The minimum absolute atomic E-state index is 0.0368. The Morgan fingerprint density at radius 2 is 1.74 bits per heavy atom. The Balaban J connectivity index is 1.33. The predicted molar refractivity (Wildman–Crippen MR) is 154 cm³/mol. The predicted octanol–water partition coefficient (Wildman–Crippen LogP) is 7.31. The number of benzene rings is 4. The third-order valence-electron chi connectivity index (χ3n) is 7.21. The van der Waals surface area contributed by atoms with Crippen LogP contribution in [0.25, 0.3) is 6.08 Å². The maximum Gasteiger partial charge on any atom is 0.265 e. The Hall–Kier alpha value is -4.16. The highest BCUT2D eigenvalue weighted by molar-refractivity contribution is 8.04. The van der Waals surface area contributed by atoms with E-state index >= 15 is 0 Å². The molecule has 4 nitrogen and oxygen atoms in total. The first-order valence-electron chi connectivity index (χ1n) is 13.1. The van der Waals surface area contributed by atoms with Gasteiger partial charge in [0, 0.05) is 10.5 Å². The number of rotatable bonds is 5. The topological polar surface area (TPSA) is 49.4 Å². The number of anilines is 1. The van der Waals surface area contributed by atoms with Gasteiger partial charge >= 0.3 is 0 Å². The van der Waals surface area contributed by atoms with Crippen LogP contribution in [0.1, 0.15) is 51.5 Å². The summed E-state index contributed by atoms with van der Waals surface area (Å²) in [6, 6.07) is 29.6. The molecule has 6 rings (SSSR count). The van der Waals surface area contributed by atoms with E-state index in [1.165, 1.54) is 35.0 Å². The fraction of sp³-hybridized carbons (Fsp3) is 0.152. The molecule has 2 aliphatic rings. The number of carbonyl (C=O) groups is 2. The van der Waals surface area contributed by atoms with Crippen LogP contribution in [-0.2, 0) is 17.8 Å². The van der Waals surface area contributed by atoms with E-state index in [1.807, 2.05) is 60.7 Å². The van der Waals surface area contributed by atoms with Crippen LogP contribution in [0, 0.1) is 5.82 Å². The van der Waals surface area contributed by atoms with Crippen LogP contribution in [0.2, 0.25) is 0 Å². The lowest BCUT2D eigenvalue weighted by atomic mass is 9.87. The summed E-state index contributed by atoms with van der Waals surface area (Å²) in [5, 5.41) is 3.22. The summed E-state index contributed by atoms with van der Waals surface area (Å²) in [6.07, 6.45) is 4.83. The number of thioether (sulfide) groups is 1. The number of nitrogens with one attached hydrogen (secondary N) is 1. The fourth-order valence-electron chi connectivity index (χ4n) is 5.23. The van der Waals surface area contributed by atoms with Crippen molar-refractivity contribution in [2.45, 2.75) is 36.7 Å². The second-order valence-corrected chi connectivity index (χ2v) is 10.9. The molecule has 4 aromatic rings. The molecular weight excluding hydrogens is 507 g/mol. The van der Waals surface area contributed by atoms with E-state index in [2.05, 4.69) is 17.4 Å². The zero-order chi connectivity index (χ0) is 26.8. The Labute approximate surface area is 231 Å². The van der Waals surface area contributed by atoms with Crippen LogP contribution in [0.5, 0.6) is 0 Å². The second-order valence-electron chi connectivity index (χ2n) is 9.84. The molecule has 1 aliphatic heterocycles. The molecule has 0 spiro atoms. The van der Waals surface area contributed by atoms with Gasteiger partial charge in [-0.2, -0.15) is 0 Å². The smallest absolute Gasteiger partial charge is 0.265 e. The third-order valence-corrected chi connectivity index (χ3v) is 8.29. The van der Waals surface area contributed by atoms with Crippen LogP contribution >= 0.6 is 11.8 Å². The van der Waals surface area contributed by atoms with E-state index in [-0.39, 0.29) is 30.2 Å². The minimum atomic E-state index is -0.326. The Kier molecular flexibility index (Phi) is 7.03. The summed E-state index contributed by atoms with van der Waals surface area (Å²) >= 11 is 1.40. The monoisotopic (exact) mass is 534 g/mol. The summed E-state index contributed by atoms with van der Waals surface area (Å²) in [5.74, 6) is -0.642. The molecule has 6 heteroatoms. The molecule has 39 heavy (non-hydrogen) atoms. The second kappa shape index (κ2) is 10.9. The highest BCUT2D eigenvalue weighted by Gasteiger charge is 2.31. The first-order valence-corrected chi connectivity index (χ1v) is 13.9. The van der Waals surface area contributed by atoms with Crippen LogP contribution < -0.4 is 10.2 Å². The Morgan fingerprint density at radius 3 is 2.56 bits per heavy atom. The van der Waals surface area contributed by atoms with Gasteiger partial charge < -0.3 is 10.2 Å². The molecule has 1 heterocycles. The molecular formula is C33H27FN2O2S. The van der Waals surface area contributed by atoms with Crippen LogP contribution in [0.15, 0.2) is 107 Å². The van der Waals surface area contributed by atoms with Crippen molar-refractivity contribution in [3.05, 3.63) is 136 Å². The van der Waals surface area contributed by atoms with Crippen molar-refractivity contribution in [1.29, 1.82) is 0 Å². The largest absolute Gasteiger partial charge is 0.345 e. The number of aryl methyl sites for hydroxylation is 1. The summed E-state index contributed by atoms with van der Waals surface area (Å²) in [6.45, 7) is 0.264. The number of halogens is 1. The maximum absolute atomic E-state index is 13.8. The fourth-order valence-corrected chi connectivity index (χ4v) is 6.27. The molecule has 0 fully saturated rings. The Morgan fingerprint density at radius 1 is 0.974 bits per heavy atom. The third kappa shape index (κ3) is 5.38. The molecule has 0 saturated carbocycles. The zero-order valence-electron chi connectivity index (χ0n) is 21.3. The average molecular weight is 535 g/mol. The molecule has 1 atom stereocenters. The molecule has 0 unspecified atom stereocenters. The normalized spacial score (nSPS) is 17.5. The van der Waals surface area contributed by atoms with Gasteiger partial charge in [-0.05, 0) is 77.9 Å². The van der Waals surface area contributed by atoms with Crippen molar-refractivity contribution in [3.63, 3.8) is 0 Å². The van der Waals surface area contributed by atoms with Gasteiger partial charge in [-0.25, -0.2) is 4.39 Å². The van der Waals surface area contributed by atoms with Crippen molar-refractivity contribution in [2.75, 3.05) is 4.90 Å². The summed E-state index contributed by atoms with van der Waals surface area (Å²) in [5.41, 5.74) is 5.37. The lowest BCUT2D eigenvalue weighted by Crippen LogP contribution is -2.34. The van der Waals surface area contributed by atoms with E-state index in [4.69, 9.17) is 0 Å². The SMILES string of the molecule is O=C(N[C@@H]1CCCc2ccccc21)c1ccc2c(c1)N(Cc1ccc(F)cc1)C(=O)/C(=C/c1ccccc1)S2. The van der Waals surface area contributed by atoms with Gasteiger partial charge in [0.05, 0.1) is 23.2 Å². The number of hydrogen-bond donors (Lipinski definition) is 1. The number of carbonyl (C=O) groups excluding carboxylic acids is 2. The van der Waals surface area contributed by atoms with Gasteiger partial charge in [0.25, 0.3) is 11.8 Å². The van der Waals surface area contributed by atoms with E-state index in [1.54, 1.807) is 23.1 Å². The van der Waals surface area contributed by atoms with Crippen LogP contribution in [0.4, 0.5) is 10.1 Å². The van der Waals surface area contributed by atoms with Gasteiger partial charge in [0.15, 0.2) is 0 Å². The molecule has 0 radical (unpaired) electrons. The zero-order valence-corrected chi connectivity index (χ0v) is 22.1. The number of fused-ring (bicyclic) bond motifs is 2. The summed E-state index contributed by atoms with van der Waals surface area (Å²) in [7, 11) is 0. The minimum Gasteiger partial charge on any atom is -0.345 e. The Bertz CT molecular complexity index is 1570. The molecule has 0 bridgehead atoms. The van der Waals surface area contributed by atoms with Gasteiger partial charge in [-0.1, -0.05) is 78.5 Å². The van der Waals surface area contributed by atoms with Crippen molar-refractivity contribution >= 4 is 35.3 Å². The summed E-state index contributed by atoms with van der Waals surface area (Å²) in [4.78, 5) is 30.3. The van der Waals surface area contributed by atoms with Crippen molar-refractivity contribution in [2.24, 2.45) is 0 Å². The van der Waals surface area contributed by atoms with E-state index in [0.29, 0.717) is 16.2 Å². The molecule has 194 valence electrons. The molecule has 1 N–H and O–H groups in total. The van der Waals surface area contributed by atoms with Gasteiger partial charge in [0.1, 0.15) is 5.82 Å². The molecule has 0 aromatic heterocycles. The van der Waals surface area contributed by atoms with E-state index < -0.39 is 0 Å². The number of nitrogens with zero attached hydrogens (tertiary/aromatic N) is 1. The van der Waals surface area contributed by atoms with Crippen molar-refractivity contribution in [3.8, 4) is 0 Å². The first-order chi connectivity index (χ1) is 19.0. The van der Waals surface area contributed by atoms with E-state index in [0.717, 1.165) is 35.3 Å².